The summed E-state index contributed by atoms with van der Waals surface area (Å²) in [5.74, 6) is -1.51. The molecule has 0 aromatic heterocycles. The van der Waals surface area contributed by atoms with Crippen molar-refractivity contribution in [3.8, 4) is 11.1 Å². The highest BCUT2D eigenvalue weighted by atomic mass is 19.2. The molecular formula is C17H17F2N. The zero-order valence-electron chi connectivity index (χ0n) is 11.6. The summed E-state index contributed by atoms with van der Waals surface area (Å²) >= 11 is 0. The third-order valence-corrected chi connectivity index (χ3v) is 4.16. The van der Waals surface area contributed by atoms with Gasteiger partial charge < -0.3 is 5.32 Å². The summed E-state index contributed by atoms with van der Waals surface area (Å²) in [6.45, 7) is 1.57. The molecule has 1 atom stereocenters. The highest BCUT2D eigenvalue weighted by molar-refractivity contribution is 5.66. The summed E-state index contributed by atoms with van der Waals surface area (Å²) in [6.07, 6.45) is 2.03. The Balaban J connectivity index is 2.07. The number of benzene rings is 2. The number of fused-ring (bicyclic) bond motifs is 1. The quantitative estimate of drug-likeness (QED) is 0.867. The van der Waals surface area contributed by atoms with Crippen LogP contribution in [0.5, 0.6) is 0 Å². The summed E-state index contributed by atoms with van der Waals surface area (Å²) < 4.78 is 27.7. The molecule has 0 radical (unpaired) electrons. The van der Waals surface area contributed by atoms with Crippen LogP contribution in [0, 0.1) is 18.6 Å². The average molecular weight is 273 g/mol. The highest BCUT2D eigenvalue weighted by Gasteiger charge is 2.22. The van der Waals surface area contributed by atoms with Crippen molar-refractivity contribution in [3.05, 3.63) is 58.7 Å². The molecule has 20 heavy (non-hydrogen) atoms. The van der Waals surface area contributed by atoms with E-state index in [0.29, 0.717) is 17.2 Å². The smallest absolute Gasteiger partial charge is 0.166 e. The van der Waals surface area contributed by atoms with Crippen molar-refractivity contribution in [2.75, 3.05) is 7.05 Å². The Morgan fingerprint density at radius 1 is 1.10 bits per heavy atom. The predicted molar refractivity (Wildman–Crippen MR) is 76.7 cm³/mol. The van der Waals surface area contributed by atoms with E-state index in [0.717, 1.165) is 18.4 Å². The van der Waals surface area contributed by atoms with Crippen molar-refractivity contribution in [1.29, 1.82) is 0 Å². The second-order valence-corrected chi connectivity index (χ2v) is 5.35. The topological polar surface area (TPSA) is 12.0 Å². The van der Waals surface area contributed by atoms with E-state index in [1.54, 1.807) is 19.1 Å². The highest BCUT2D eigenvalue weighted by Crippen LogP contribution is 2.35. The molecule has 1 aliphatic rings. The standard InChI is InChI=1S/C17H17F2N/c1-10-3-6-14(17(19)16(10)18)12-4-7-13-11(9-12)5-8-15(13)20-2/h3-4,6-7,9,15,20H,5,8H2,1-2H3. The minimum absolute atomic E-state index is 0.336. The first kappa shape index (κ1) is 13.3. The van der Waals surface area contributed by atoms with Gasteiger partial charge in [-0.15, -0.1) is 0 Å². The largest absolute Gasteiger partial charge is 0.313 e. The van der Waals surface area contributed by atoms with Crippen molar-refractivity contribution < 1.29 is 8.78 Å². The van der Waals surface area contributed by atoms with Crippen molar-refractivity contribution in [1.82, 2.24) is 5.32 Å². The molecule has 0 amide bonds. The lowest BCUT2D eigenvalue weighted by atomic mass is 9.98. The lowest BCUT2D eigenvalue weighted by molar-refractivity contribution is 0.505. The van der Waals surface area contributed by atoms with Gasteiger partial charge in [0.05, 0.1) is 0 Å². The van der Waals surface area contributed by atoms with Gasteiger partial charge in [0.1, 0.15) is 0 Å². The number of hydrogen-bond donors (Lipinski definition) is 1. The second-order valence-electron chi connectivity index (χ2n) is 5.35. The van der Waals surface area contributed by atoms with Crippen molar-refractivity contribution >= 4 is 0 Å². The van der Waals surface area contributed by atoms with Crippen LogP contribution < -0.4 is 5.32 Å². The lowest BCUT2D eigenvalue weighted by Crippen LogP contribution is -2.12. The first-order valence-electron chi connectivity index (χ1n) is 6.87. The number of aryl methyl sites for hydroxylation is 2. The monoisotopic (exact) mass is 273 g/mol. The molecule has 2 aromatic rings. The van der Waals surface area contributed by atoms with Crippen molar-refractivity contribution in [3.63, 3.8) is 0 Å². The van der Waals surface area contributed by atoms with Crippen LogP contribution in [0.15, 0.2) is 30.3 Å². The van der Waals surface area contributed by atoms with Gasteiger partial charge in [-0.1, -0.05) is 30.3 Å². The Morgan fingerprint density at radius 3 is 2.65 bits per heavy atom. The molecule has 1 unspecified atom stereocenters. The van der Waals surface area contributed by atoms with Gasteiger partial charge in [0.15, 0.2) is 11.6 Å². The number of hydrogen-bond acceptors (Lipinski definition) is 1. The SMILES string of the molecule is CNC1CCc2cc(-c3ccc(C)c(F)c3F)ccc21. The molecule has 104 valence electrons. The van der Waals surface area contributed by atoms with Gasteiger partial charge in [0.25, 0.3) is 0 Å². The first-order valence-corrected chi connectivity index (χ1v) is 6.87. The molecule has 0 bridgehead atoms. The molecule has 0 aliphatic heterocycles. The van der Waals surface area contributed by atoms with E-state index in [2.05, 4.69) is 5.32 Å². The van der Waals surface area contributed by atoms with E-state index in [9.17, 15) is 8.78 Å². The summed E-state index contributed by atoms with van der Waals surface area (Å²) in [5, 5.41) is 3.27. The van der Waals surface area contributed by atoms with Gasteiger partial charge in [-0.2, -0.15) is 0 Å². The van der Waals surface area contributed by atoms with Crippen molar-refractivity contribution in [2.24, 2.45) is 0 Å². The maximum absolute atomic E-state index is 14.1. The number of nitrogens with one attached hydrogen (secondary N) is 1. The first-order chi connectivity index (χ1) is 9.61. The fourth-order valence-electron chi connectivity index (χ4n) is 2.95. The van der Waals surface area contributed by atoms with Gasteiger partial charge in [-0.05, 0) is 49.1 Å². The van der Waals surface area contributed by atoms with Crippen LogP contribution in [-0.4, -0.2) is 7.05 Å². The van der Waals surface area contributed by atoms with Gasteiger partial charge >= 0.3 is 0 Å². The summed E-state index contributed by atoms with van der Waals surface area (Å²) in [6, 6.07) is 9.54. The molecule has 0 spiro atoms. The van der Waals surface area contributed by atoms with Crippen LogP contribution in [0.25, 0.3) is 11.1 Å². The molecule has 0 fully saturated rings. The zero-order chi connectivity index (χ0) is 14.3. The molecule has 1 nitrogen and oxygen atoms in total. The minimum atomic E-state index is -0.756. The van der Waals surface area contributed by atoms with E-state index < -0.39 is 11.6 Å². The third kappa shape index (κ3) is 2.02. The van der Waals surface area contributed by atoms with Gasteiger partial charge in [0.2, 0.25) is 0 Å². The third-order valence-electron chi connectivity index (χ3n) is 4.16. The molecule has 0 saturated heterocycles. The van der Waals surface area contributed by atoms with E-state index in [1.165, 1.54) is 11.1 Å². The Labute approximate surface area is 117 Å². The van der Waals surface area contributed by atoms with Gasteiger partial charge in [-0.3, -0.25) is 0 Å². The summed E-state index contributed by atoms with van der Waals surface area (Å²) in [7, 11) is 1.95. The molecule has 2 aromatic carbocycles. The second kappa shape index (κ2) is 4.98. The Morgan fingerprint density at radius 2 is 1.90 bits per heavy atom. The molecule has 1 N–H and O–H groups in total. The normalized spacial score (nSPS) is 17.3. The Hall–Kier alpha value is -1.74. The van der Waals surface area contributed by atoms with Gasteiger partial charge in [0, 0.05) is 11.6 Å². The van der Waals surface area contributed by atoms with E-state index in [4.69, 9.17) is 0 Å². The molecule has 3 rings (SSSR count). The fraction of sp³-hybridized carbons (Fsp3) is 0.294. The average Bonchev–Trinajstić information content (AvgIpc) is 2.87. The Bertz CT molecular complexity index is 664. The maximum atomic E-state index is 14.1. The van der Waals surface area contributed by atoms with Crippen LogP contribution in [0.2, 0.25) is 0 Å². The number of rotatable bonds is 2. The van der Waals surface area contributed by atoms with Crippen molar-refractivity contribution in [2.45, 2.75) is 25.8 Å². The molecular weight excluding hydrogens is 256 g/mol. The van der Waals surface area contributed by atoms with Crippen LogP contribution in [0.1, 0.15) is 29.2 Å². The van der Waals surface area contributed by atoms with Gasteiger partial charge in [-0.25, -0.2) is 8.78 Å². The predicted octanol–water partition coefficient (Wildman–Crippen LogP) is 4.15. The molecule has 3 heteroatoms. The summed E-state index contributed by atoms with van der Waals surface area (Å²) in [4.78, 5) is 0. The minimum Gasteiger partial charge on any atom is -0.313 e. The van der Waals surface area contributed by atoms with Crippen LogP contribution >= 0.6 is 0 Å². The summed E-state index contributed by atoms with van der Waals surface area (Å²) in [5.41, 5.74) is 3.91. The molecule has 1 aliphatic carbocycles. The lowest BCUT2D eigenvalue weighted by Gasteiger charge is -2.11. The Kier molecular flexibility index (Phi) is 3.30. The fourth-order valence-corrected chi connectivity index (χ4v) is 2.95. The van der Waals surface area contributed by atoms with Crippen LogP contribution in [0.4, 0.5) is 8.78 Å². The van der Waals surface area contributed by atoms with E-state index >= 15 is 0 Å². The van der Waals surface area contributed by atoms with E-state index in [1.807, 2.05) is 25.2 Å². The molecule has 0 heterocycles. The van der Waals surface area contributed by atoms with Crippen LogP contribution in [-0.2, 0) is 6.42 Å². The van der Waals surface area contributed by atoms with E-state index in [-0.39, 0.29) is 0 Å². The maximum Gasteiger partial charge on any atom is 0.166 e. The molecule has 0 saturated carbocycles. The van der Waals surface area contributed by atoms with Crippen LogP contribution in [0.3, 0.4) is 0 Å². The number of halogens is 2. The zero-order valence-corrected chi connectivity index (χ0v) is 11.6.